The zero-order valence-electron chi connectivity index (χ0n) is 10.3. The van der Waals surface area contributed by atoms with Gasteiger partial charge in [-0.2, -0.15) is 11.3 Å². The molecule has 1 unspecified atom stereocenters. The van der Waals surface area contributed by atoms with Gasteiger partial charge in [-0.05, 0) is 35.7 Å². The van der Waals surface area contributed by atoms with Gasteiger partial charge >= 0.3 is 0 Å². The molecular weight excluding hydrogens is 297 g/mol. The van der Waals surface area contributed by atoms with Crippen LogP contribution >= 0.6 is 11.3 Å². The molecule has 0 aliphatic rings. The second-order valence-corrected chi connectivity index (χ2v) is 5.11. The molecule has 1 heterocycles. The summed E-state index contributed by atoms with van der Waals surface area (Å²) < 4.78 is 65.9. The number of hydrogen-bond donors (Lipinski definition) is 1. The van der Waals surface area contributed by atoms with Crippen LogP contribution in [0.25, 0.3) is 0 Å². The zero-order valence-corrected chi connectivity index (χ0v) is 11.1. The van der Waals surface area contributed by atoms with Crippen molar-refractivity contribution < 1.29 is 22.0 Å². The molecular formula is C13H10F5NS. The van der Waals surface area contributed by atoms with Gasteiger partial charge < -0.3 is 5.32 Å². The van der Waals surface area contributed by atoms with Gasteiger partial charge in [0.05, 0.1) is 0 Å². The molecule has 0 radical (unpaired) electrons. The monoisotopic (exact) mass is 307 g/mol. The summed E-state index contributed by atoms with van der Waals surface area (Å²) in [6.07, 6.45) is 0.406. The molecule has 1 aromatic carbocycles. The first-order valence-corrected chi connectivity index (χ1v) is 6.65. The van der Waals surface area contributed by atoms with Crippen molar-refractivity contribution in [3.8, 4) is 0 Å². The second kappa shape index (κ2) is 5.78. The molecule has 2 aromatic rings. The molecule has 20 heavy (non-hydrogen) atoms. The lowest BCUT2D eigenvalue weighted by Crippen LogP contribution is -2.21. The standard InChI is InChI=1S/C13H10F5NS/c1-6(4-7-2-3-20-5-7)19-13-11(17)9(15)8(14)10(16)12(13)18/h2-3,5-6,19H,4H2,1H3. The van der Waals surface area contributed by atoms with Gasteiger partial charge in [0, 0.05) is 6.04 Å². The number of nitrogens with one attached hydrogen (secondary N) is 1. The van der Waals surface area contributed by atoms with Gasteiger partial charge in [0.25, 0.3) is 0 Å². The van der Waals surface area contributed by atoms with E-state index in [1.165, 1.54) is 11.3 Å². The van der Waals surface area contributed by atoms with Crippen LogP contribution in [-0.2, 0) is 6.42 Å². The lowest BCUT2D eigenvalue weighted by atomic mass is 10.1. The summed E-state index contributed by atoms with van der Waals surface area (Å²) in [5.41, 5.74) is -0.0806. The van der Waals surface area contributed by atoms with Crippen LogP contribution in [0, 0.1) is 29.1 Å². The van der Waals surface area contributed by atoms with Crippen molar-refractivity contribution in [2.75, 3.05) is 5.32 Å². The van der Waals surface area contributed by atoms with E-state index < -0.39 is 40.8 Å². The molecule has 0 bridgehead atoms. The van der Waals surface area contributed by atoms with Gasteiger partial charge in [0.15, 0.2) is 23.3 Å². The van der Waals surface area contributed by atoms with Gasteiger partial charge in [0.1, 0.15) is 5.69 Å². The highest BCUT2D eigenvalue weighted by atomic mass is 32.1. The van der Waals surface area contributed by atoms with Crippen molar-refractivity contribution in [3.63, 3.8) is 0 Å². The lowest BCUT2D eigenvalue weighted by molar-refractivity contribution is 0.380. The van der Waals surface area contributed by atoms with E-state index in [1.54, 1.807) is 6.92 Å². The van der Waals surface area contributed by atoms with E-state index in [0.29, 0.717) is 6.42 Å². The smallest absolute Gasteiger partial charge is 0.200 e. The number of hydrogen-bond acceptors (Lipinski definition) is 2. The average molecular weight is 307 g/mol. The first kappa shape index (κ1) is 14.8. The molecule has 0 amide bonds. The molecule has 2 rings (SSSR count). The van der Waals surface area contributed by atoms with Gasteiger partial charge in [-0.1, -0.05) is 0 Å². The maximum Gasteiger partial charge on any atom is 0.200 e. The van der Waals surface area contributed by atoms with E-state index in [9.17, 15) is 22.0 Å². The molecule has 7 heteroatoms. The Balaban J connectivity index is 2.25. The first-order chi connectivity index (χ1) is 9.41. The molecule has 0 aliphatic carbocycles. The Bertz CT molecular complexity index is 583. The summed E-state index contributed by atoms with van der Waals surface area (Å²) in [6, 6.07) is 1.33. The summed E-state index contributed by atoms with van der Waals surface area (Å²) in [6.45, 7) is 1.59. The quantitative estimate of drug-likeness (QED) is 0.499. The van der Waals surface area contributed by atoms with Crippen LogP contribution in [-0.4, -0.2) is 6.04 Å². The number of anilines is 1. The van der Waals surface area contributed by atoms with Crippen molar-refractivity contribution in [3.05, 3.63) is 51.5 Å². The van der Waals surface area contributed by atoms with Gasteiger partial charge in [-0.25, -0.2) is 22.0 Å². The fraction of sp³-hybridized carbons (Fsp3) is 0.231. The van der Waals surface area contributed by atoms with Crippen molar-refractivity contribution in [2.24, 2.45) is 0 Å². The lowest BCUT2D eigenvalue weighted by Gasteiger charge is -2.16. The van der Waals surface area contributed by atoms with Gasteiger partial charge in [0.2, 0.25) is 5.82 Å². The van der Waals surface area contributed by atoms with E-state index in [0.717, 1.165) is 5.56 Å². The molecule has 1 aromatic heterocycles. The van der Waals surface area contributed by atoms with Crippen LogP contribution < -0.4 is 5.32 Å². The van der Waals surface area contributed by atoms with Crippen molar-refractivity contribution in [1.82, 2.24) is 0 Å². The predicted molar refractivity (Wildman–Crippen MR) is 67.3 cm³/mol. The normalized spacial score (nSPS) is 12.5. The van der Waals surface area contributed by atoms with Crippen LogP contribution in [0.15, 0.2) is 16.8 Å². The molecule has 108 valence electrons. The maximum absolute atomic E-state index is 13.5. The molecule has 0 saturated carbocycles. The van der Waals surface area contributed by atoms with Crippen molar-refractivity contribution in [1.29, 1.82) is 0 Å². The minimum Gasteiger partial charge on any atom is -0.377 e. The highest BCUT2D eigenvalue weighted by molar-refractivity contribution is 7.07. The Morgan fingerprint density at radius 3 is 2.05 bits per heavy atom. The van der Waals surface area contributed by atoms with Crippen LogP contribution in [0.5, 0.6) is 0 Å². The molecule has 1 nitrogen and oxygen atoms in total. The van der Waals surface area contributed by atoms with Crippen molar-refractivity contribution >= 4 is 17.0 Å². The fourth-order valence-electron chi connectivity index (χ4n) is 1.79. The Morgan fingerprint density at radius 2 is 1.55 bits per heavy atom. The molecule has 0 aliphatic heterocycles. The Morgan fingerprint density at radius 1 is 1.00 bits per heavy atom. The van der Waals surface area contributed by atoms with E-state index in [-0.39, 0.29) is 0 Å². The largest absolute Gasteiger partial charge is 0.377 e. The summed E-state index contributed by atoms with van der Waals surface area (Å²) in [7, 11) is 0. The first-order valence-electron chi connectivity index (χ1n) is 5.70. The van der Waals surface area contributed by atoms with E-state index in [4.69, 9.17) is 0 Å². The highest BCUT2D eigenvalue weighted by Crippen LogP contribution is 2.28. The predicted octanol–water partition coefficient (Wildman–Crippen LogP) is 4.49. The van der Waals surface area contributed by atoms with Crippen LogP contribution in [0.1, 0.15) is 12.5 Å². The van der Waals surface area contributed by atoms with Gasteiger partial charge in [-0.15, -0.1) is 0 Å². The summed E-state index contributed by atoms with van der Waals surface area (Å²) in [4.78, 5) is 0. The van der Waals surface area contributed by atoms with Gasteiger partial charge in [-0.3, -0.25) is 0 Å². The average Bonchev–Trinajstić information content (AvgIpc) is 2.92. The van der Waals surface area contributed by atoms with Crippen LogP contribution in [0.4, 0.5) is 27.6 Å². The van der Waals surface area contributed by atoms with E-state index in [2.05, 4.69) is 5.32 Å². The van der Waals surface area contributed by atoms with E-state index in [1.807, 2.05) is 16.8 Å². The SMILES string of the molecule is CC(Cc1ccsc1)Nc1c(F)c(F)c(F)c(F)c1F. The third-order valence-corrected chi connectivity index (χ3v) is 3.45. The molecule has 1 atom stereocenters. The van der Waals surface area contributed by atoms with E-state index >= 15 is 0 Å². The molecule has 1 N–H and O–H groups in total. The number of rotatable bonds is 4. The number of halogens is 5. The zero-order chi connectivity index (χ0) is 14.9. The van der Waals surface area contributed by atoms with Crippen LogP contribution in [0.2, 0.25) is 0 Å². The summed E-state index contributed by atoms with van der Waals surface area (Å²) in [5, 5.41) is 6.01. The van der Waals surface area contributed by atoms with Crippen molar-refractivity contribution in [2.45, 2.75) is 19.4 Å². The molecule has 0 spiro atoms. The molecule has 0 saturated heterocycles. The fourth-order valence-corrected chi connectivity index (χ4v) is 2.47. The third kappa shape index (κ3) is 2.77. The Hall–Kier alpha value is -1.63. The topological polar surface area (TPSA) is 12.0 Å². The summed E-state index contributed by atoms with van der Waals surface area (Å²) in [5.74, 6) is -9.75. The Labute approximate surface area is 116 Å². The highest BCUT2D eigenvalue weighted by Gasteiger charge is 2.26. The number of benzene rings is 1. The molecule has 0 fully saturated rings. The number of thiophene rings is 1. The maximum atomic E-state index is 13.5. The third-order valence-electron chi connectivity index (χ3n) is 2.72. The minimum absolute atomic E-state index is 0.406. The minimum atomic E-state index is -2.16. The summed E-state index contributed by atoms with van der Waals surface area (Å²) >= 11 is 1.46. The Kier molecular flexibility index (Phi) is 4.27. The van der Waals surface area contributed by atoms with Crippen LogP contribution in [0.3, 0.4) is 0 Å². The second-order valence-electron chi connectivity index (χ2n) is 4.33.